The molecule has 1 saturated carbocycles. The quantitative estimate of drug-likeness (QED) is 0.733. The fourth-order valence-corrected chi connectivity index (χ4v) is 3.77. The van der Waals surface area contributed by atoms with E-state index in [0.717, 1.165) is 36.3 Å². The van der Waals surface area contributed by atoms with Crippen LogP contribution in [0.15, 0.2) is 59.1 Å². The molecule has 1 atom stereocenters. The van der Waals surface area contributed by atoms with Gasteiger partial charge < -0.3 is 9.84 Å². The molecule has 0 spiro atoms. The molecule has 1 aromatic heterocycles. The SMILES string of the molecule is O=C(NCCc1ccccc1)N1c2ccccc2CC1c1nc(C2CC2)no1. The van der Waals surface area contributed by atoms with Gasteiger partial charge >= 0.3 is 6.03 Å². The maximum atomic E-state index is 13.1. The molecular weight excluding hydrogens is 352 g/mol. The predicted octanol–water partition coefficient (Wildman–Crippen LogP) is 4.00. The van der Waals surface area contributed by atoms with Gasteiger partial charge in [0.25, 0.3) is 0 Å². The molecule has 5 rings (SSSR count). The number of nitrogens with zero attached hydrogens (tertiary/aromatic N) is 3. The summed E-state index contributed by atoms with van der Waals surface area (Å²) < 4.78 is 5.55. The molecule has 1 aliphatic carbocycles. The third-order valence-electron chi connectivity index (χ3n) is 5.41. The zero-order valence-corrected chi connectivity index (χ0v) is 15.5. The average molecular weight is 374 g/mol. The molecule has 2 amide bonds. The molecule has 6 heteroatoms. The molecule has 1 fully saturated rings. The van der Waals surface area contributed by atoms with Crippen LogP contribution in [0.5, 0.6) is 0 Å². The van der Waals surface area contributed by atoms with E-state index in [1.165, 1.54) is 5.56 Å². The van der Waals surface area contributed by atoms with E-state index in [1.54, 1.807) is 4.90 Å². The second kappa shape index (κ2) is 7.11. The number of anilines is 1. The minimum atomic E-state index is -0.255. The molecule has 2 aliphatic rings. The highest BCUT2D eigenvalue weighted by atomic mass is 16.5. The van der Waals surface area contributed by atoms with Crippen LogP contribution in [0.3, 0.4) is 0 Å². The predicted molar refractivity (Wildman–Crippen MR) is 105 cm³/mol. The highest BCUT2D eigenvalue weighted by molar-refractivity contribution is 5.95. The Kier molecular flexibility index (Phi) is 4.31. The minimum Gasteiger partial charge on any atom is -0.337 e. The lowest BCUT2D eigenvalue weighted by Gasteiger charge is -2.23. The van der Waals surface area contributed by atoms with Gasteiger partial charge in [-0.3, -0.25) is 4.90 Å². The first-order chi connectivity index (χ1) is 13.8. The van der Waals surface area contributed by atoms with Crippen LogP contribution < -0.4 is 10.2 Å². The molecule has 2 heterocycles. The van der Waals surface area contributed by atoms with Crippen LogP contribution in [-0.2, 0) is 12.8 Å². The highest BCUT2D eigenvalue weighted by Gasteiger charge is 2.39. The summed E-state index contributed by atoms with van der Waals surface area (Å²) in [6, 6.07) is 17.7. The van der Waals surface area contributed by atoms with Crippen molar-refractivity contribution in [3.63, 3.8) is 0 Å². The molecular formula is C22H22N4O2. The zero-order chi connectivity index (χ0) is 18.9. The molecule has 3 aromatic rings. The van der Waals surface area contributed by atoms with Gasteiger partial charge in [-0.2, -0.15) is 4.98 Å². The lowest BCUT2D eigenvalue weighted by Crippen LogP contribution is -2.41. The van der Waals surface area contributed by atoms with Crippen molar-refractivity contribution in [2.75, 3.05) is 11.4 Å². The van der Waals surface area contributed by atoms with Crippen molar-refractivity contribution >= 4 is 11.7 Å². The first-order valence-corrected chi connectivity index (χ1v) is 9.82. The van der Waals surface area contributed by atoms with Crippen molar-refractivity contribution in [3.8, 4) is 0 Å². The lowest BCUT2D eigenvalue weighted by atomic mass is 10.1. The Morgan fingerprint density at radius 1 is 1.11 bits per heavy atom. The number of nitrogens with one attached hydrogen (secondary N) is 1. The molecule has 1 N–H and O–H groups in total. The Bertz CT molecular complexity index is 981. The van der Waals surface area contributed by atoms with Crippen LogP contribution in [0.2, 0.25) is 0 Å². The van der Waals surface area contributed by atoms with Gasteiger partial charge in [-0.05, 0) is 36.5 Å². The number of fused-ring (bicyclic) bond motifs is 1. The van der Waals surface area contributed by atoms with E-state index in [2.05, 4.69) is 33.7 Å². The van der Waals surface area contributed by atoms with Gasteiger partial charge in [0.15, 0.2) is 5.82 Å². The summed E-state index contributed by atoms with van der Waals surface area (Å²) in [6.07, 6.45) is 3.72. The lowest BCUT2D eigenvalue weighted by molar-refractivity contribution is 0.242. The smallest absolute Gasteiger partial charge is 0.322 e. The van der Waals surface area contributed by atoms with E-state index in [-0.39, 0.29) is 12.1 Å². The summed E-state index contributed by atoms with van der Waals surface area (Å²) in [5, 5.41) is 7.19. The fraction of sp³-hybridized carbons (Fsp3) is 0.318. The van der Waals surface area contributed by atoms with E-state index in [4.69, 9.17) is 4.52 Å². The van der Waals surface area contributed by atoms with E-state index in [9.17, 15) is 4.79 Å². The van der Waals surface area contributed by atoms with Gasteiger partial charge in [0.05, 0.1) is 0 Å². The number of carbonyl (C=O) groups is 1. The second-order valence-electron chi connectivity index (χ2n) is 7.45. The monoisotopic (exact) mass is 374 g/mol. The van der Waals surface area contributed by atoms with Crippen molar-refractivity contribution in [2.45, 2.75) is 37.6 Å². The van der Waals surface area contributed by atoms with Crippen LogP contribution in [0.4, 0.5) is 10.5 Å². The van der Waals surface area contributed by atoms with Crippen molar-refractivity contribution in [1.29, 1.82) is 0 Å². The maximum Gasteiger partial charge on any atom is 0.322 e. The number of hydrogen-bond acceptors (Lipinski definition) is 4. The number of urea groups is 1. The topological polar surface area (TPSA) is 71.3 Å². The summed E-state index contributed by atoms with van der Waals surface area (Å²) in [6.45, 7) is 0.575. The molecule has 2 aromatic carbocycles. The van der Waals surface area contributed by atoms with Gasteiger partial charge in [0.1, 0.15) is 6.04 Å². The summed E-state index contributed by atoms with van der Waals surface area (Å²) >= 11 is 0. The van der Waals surface area contributed by atoms with Gasteiger partial charge in [-0.1, -0.05) is 53.7 Å². The van der Waals surface area contributed by atoms with E-state index < -0.39 is 0 Å². The van der Waals surface area contributed by atoms with Crippen molar-refractivity contribution < 1.29 is 9.32 Å². The Balaban J connectivity index is 1.34. The van der Waals surface area contributed by atoms with Gasteiger partial charge in [0, 0.05) is 24.6 Å². The minimum absolute atomic E-state index is 0.128. The Morgan fingerprint density at radius 3 is 2.71 bits per heavy atom. The van der Waals surface area contributed by atoms with E-state index in [1.807, 2.05) is 36.4 Å². The standard InChI is InChI=1S/C22H22N4O2/c27-22(23-13-12-15-6-2-1-3-7-15)26-18-9-5-4-8-17(18)14-19(26)21-24-20(25-28-21)16-10-11-16/h1-9,16,19H,10-14H2,(H,23,27). The fourth-order valence-electron chi connectivity index (χ4n) is 3.77. The van der Waals surface area contributed by atoms with Gasteiger partial charge in [0.2, 0.25) is 5.89 Å². The number of para-hydroxylation sites is 1. The Labute approximate surface area is 163 Å². The zero-order valence-electron chi connectivity index (χ0n) is 15.5. The highest BCUT2D eigenvalue weighted by Crippen LogP contribution is 2.42. The van der Waals surface area contributed by atoms with Crippen molar-refractivity contribution in [1.82, 2.24) is 15.5 Å². The second-order valence-corrected chi connectivity index (χ2v) is 7.45. The number of aromatic nitrogens is 2. The first-order valence-electron chi connectivity index (χ1n) is 9.82. The third kappa shape index (κ3) is 3.26. The largest absolute Gasteiger partial charge is 0.337 e. The maximum absolute atomic E-state index is 13.1. The number of rotatable bonds is 5. The summed E-state index contributed by atoms with van der Waals surface area (Å²) in [7, 11) is 0. The van der Waals surface area contributed by atoms with Crippen LogP contribution in [0, 0.1) is 0 Å². The molecule has 0 saturated heterocycles. The van der Waals surface area contributed by atoms with Crippen LogP contribution in [0.25, 0.3) is 0 Å². The molecule has 142 valence electrons. The molecule has 28 heavy (non-hydrogen) atoms. The van der Waals surface area contributed by atoms with E-state index >= 15 is 0 Å². The number of hydrogen-bond donors (Lipinski definition) is 1. The number of benzene rings is 2. The normalized spacial score (nSPS) is 18.1. The van der Waals surface area contributed by atoms with E-state index in [0.29, 0.717) is 24.8 Å². The molecule has 0 radical (unpaired) electrons. The number of amides is 2. The summed E-state index contributed by atoms with van der Waals surface area (Å²) in [4.78, 5) is 19.4. The summed E-state index contributed by atoms with van der Waals surface area (Å²) in [5.74, 6) is 1.72. The Hall–Kier alpha value is -3.15. The average Bonchev–Trinajstić information content (AvgIpc) is 3.33. The van der Waals surface area contributed by atoms with Crippen LogP contribution in [0.1, 0.15) is 47.6 Å². The summed E-state index contributed by atoms with van der Waals surface area (Å²) in [5.41, 5.74) is 3.24. The van der Waals surface area contributed by atoms with Crippen LogP contribution in [-0.4, -0.2) is 22.7 Å². The van der Waals surface area contributed by atoms with Gasteiger partial charge in [-0.25, -0.2) is 4.79 Å². The first kappa shape index (κ1) is 17.0. The molecule has 1 aliphatic heterocycles. The Morgan fingerprint density at radius 2 is 1.89 bits per heavy atom. The molecule has 0 bridgehead atoms. The molecule has 6 nitrogen and oxygen atoms in total. The van der Waals surface area contributed by atoms with Crippen LogP contribution >= 0.6 is 0 Å². The van der Waals surface area contributed by atoms with Crippen molar-refractivity contribution in [2.24, 2.45) is 0 Å². The molecule has 1 unspecified atom stereocenters. The van der Waals surface area contributed by atoms with Crippen molar-refractivity contribution in [3.05, 3.63) is 77.4 Å². The number of carbonyl (C=O) groups excluding carboxylic acids is 1. The van der Waals surface area contributed by atoms with Gasteiger partial charge in [-0.15, -0.1) is 0 Å². The third-order valence-corrected chi connectivity index (χ3v) is 5.41.